The minimum absolute atomic E-state index is 0.298. The Hall–Kier alpha value is -2.89. The number of nitrogens with zero attached hydrogens (tertiary/aromatic N) is 5. The van der Waals surface area contributed by atoms with Crippen molar-refractivity contribution in [1.29, 1.82) is 5.26 Å². The lowest BCUT2D eigenvalue weighted by atomic mass is 10.1. The first-order chi connectivity index (χ1) is 13.8. The van der Waals surface area contributed by atoms with Crippen molar-refractivity contribution in [2.24, 2.45) is 0 Å². The molecule has 1 aromatic carbocycles. The van der Waals surface area contributed by atoms with Gasteiger partial charge in [-0.05, 0) is 24.1 Å². The van der Waals surface area contributed by atoms with Crippen LogP contribution in [0.2, 0.25) is 0 Å². The van der Waals surface area contributed by atoms with Crippen LogP contribution in [0.5, 0.6) is 0 Å². The van der Waals surface area contributed by atoms with E-state index in [0.717, 1.165) is 12.0 Å². The van der Waals surface area contributed by atoms with E-state index in [-0.39, 0.29) is 5.91 Å². The van der Waals surface area contributed by atoms with Crippen LogP contribution < -0.4 is 4.90 Å². The molecule has 0 saturated carbocycles. The molecule has 0 saturated heterocycles. The van der Waals surface area contributed by atoms with E-state index in [4.69, 9.17) is 4.74 Å². The molecule has 1 N–H and O–H groups in total. The molecule has 3 rings (SSSR count). The fraction of sp³-hybridized carbons (Fsp3) is 0.476. The fourth-order valence-electron chi connectivity index (χ4n) is 3.40. The van der Waals surface area contributed by atoms with Crippen LogP contribution in [0.4, 0.5) is 5.82 Å². The van der Waals surface area contributed by atoms with Gasteiger partial charge in [0.2, 0.25) is 5.85 Å². The minimum Gasteiger partial charge on any atom is -0.381 e. The highest BCUT2D eigenvalue weighted by atomic mass is 16.5. The Morgan fingerprint density at radius 3 is 2.72 bits per heavy atom. The third kappa shape index (κ3) is 3.84. The first kappa shape index (κ1) is 20.8. The topological polar surface area (TPSA) is 94.6 Å². The van der Waals surface area contributed by atoms with Crippen molar-refractivity contribution in [1.82, 2.24) is 14.5 Å². The number of amides is 1. The van der Waals surface area contributed by atoms with Gasteiger partial charge in [-0.25, -0.2) is 4.98 Å². The summed E-state index contributed by atoms with van der Waals surface area (Å²) in [6.07, 6.45) is 1.47. The fourth-order valence-corrected chi connectivity index (χ4v) is 3.40. The predicted molar refractivity (Wildman–Crippen MR) is 108 cm³/mol. The zero-order valence-electron chi connectivity index (χ0n) is 17.3. The summed E-state index contributed by atoms with van der Waals surface area (Å²) < 4.78 is 7.49. The summed E-state index contributed by atoms with van der Waals surface area (Å²) in [5.74, 6) is -0.618. The Morgan fingerprint density at radius 2 is 2.03 bits per heavy atom. The molecule has 0 radical (unpaired) electrons. The maximum absolute atomic E-state index is 13.1. The molecule has 1 unspecified atom stereocenters. The smallest absolute Gasteiger partial charge is 0.277 e. The van der Waals surface area contributed by atoms with Crippen molar-refractivity contribution >= 4 is 11.7 Å². The first-order valence-corrected chi connectivity index (χ1v) is 9.71. The Kier molecular flexibility index (Phi) is 5.91. The Bertz CT molecular complexity index is 944. The summed E-state index contributed by atoms with van der Waals surface area (Å²) in [6, 6.07) is 9.44. The number of ether oxygens (including phenoxy) is 1. The molecular weight excluding hydrogens is 370 g/mol. The normalized spacial score (nSPS) is 18.7. The number of carbonyl (C=O) groups is 1. The molecule has 1 aliphatic heterocycles. The number of nitriles is 1. The predicted octanol–water partition coefficient (Wildman–Crippen LogP) is 1.96. The number of benzene rings is 1. The van der Waals surface area contributed by atoms with Crippen LogP contribution >= 0.6 is 0 Å². The first-order valence-electron chi connectivity index (χ1n) is 9.71. The quantitative estimate of drug-likeness (QED) is 0.718. The lowest BCUT2D eigenvalue weighted by molar-refractivity contribution is -0.0641. The monoisotopic (exact) mass is 397 g/mol. The molecule has 1 amide bonds. The summed E-state index contributed by atoms with van der Waals surface area (Å²) >= 11 is 0. The van der Waals surface area contributed by atoms with Crippen LogP contribution in [0, 0.1) is 11.3 Å². The second-order valence-corrected chi connectivity index (χ2v) is 7.35. The molecule has 1 aromatic heterocycles. The molecule has 0 fully saturated rings. The number of aliphatic hydroxyl groups is 1. The van der Waals surface area contributed by atoms with Crippen LogP contribution in [-0.2, 0) is 17.7 Å². The third-order valence-corrected chi connectivity index (χ3v) is 5.34. The molecule has 1 aliphatic rings. The van der Waals surface area contributed by atoms with Crippen LogP contribution in [-0.4, -0.2) is 58.6 Å². The van der Waals surface area contributed by atoms with Crippen LogP contribution in [0.3, 0.4) is 0 Å². The molecule has 154 valence electrons. The second-order valence-electron chi connectivity index (χ2n) is 7.35. The van der Waals surface area contributed by atoms with E-state index >= 15 is 0 Å². The number of hydrogen-bond donors (Lipinski definition) is 1. The molecule has 1 atom stereocenters. The van der Waals surface area contributed by atoms with E-state index in [1.807, 2.05) is 23.6 Å². The maximum Gasteiger partial charge on any atom is 0.277 e. The van der Waals surface area contributed by atoms with Crippen molar-refractivity contribution < 1.29 is 14.6 Å². The van der Waals surface area contributed by atoms with Crippen molar-refractivity contribution in [3.05, 3.63) is 46.9 Å². The number of imidazole rings is 1. The maximum atomic E-state index is 13.1. The van der Waals surface area contributed by atoms with E-state index in [1.54, 1.807) is 38.1 Å². The number of fused-ring (bicyclic) bond motifs is 1. The lowest BCUT2D eigenvalue weighted by Gasteiger charge is -2.44. The zero-order chi connectivity index (χ0) is 21.2. The zero-order valence-corrected chi connectivity index (χ0v) is 17.3. The summed E-state index contributed by atoms with van der Waals surface area (Å²) in [4.78, 5) is 20.7. The molecule has 0 bridgehead atoms. The van der Waals surface area contributed by atoms with E-state index < -0.39 is 5.85 Å². The lowest BCUT2D eigenvalue weighted by Crippen LogP contribution is -2.61. The van der Waals surface area contributed by atoms with E-state index in [0.29, 0.717) is 49.1 Å². The van der Waals surface area contributed by atoms with Gasteiger partial charge in [-0.1, -0.05) is 19.1 Å². The highest BCUT2D eigenvalue weighted by Gasteiger charge is 2.45. The van der Waals surface area contributed by atoms with Gasteiger partial charge in [-0.15, -0.1) is 0 Å². The third-order valence-electron chi connectivity index (χ3n) is 5.34. The van der Waals surface area contributed by atoms with E-state index in [1.165, 1.54) is 4.90 Å². The van der Waals surface area contributed by atoms with Gasteiger partial charge in [0.25, 0.3) is 5.91 Å². The number of anilines is 1. The Labute approximate surface area is 170 Å². The molecule has 2 heterocycles. The van der Waals surface area contributed by atoms with E-state index in [2.05, 4.69) is 11.1 Å². The van der Waals surface area contributed by atoms with Crippen molar-refractivity contribution in [3.8, 4) is 6.07 Å². The van der Waals surface area contributed by atoms with Gasteiger partial charge in [0, 0.05) is 40.6 Å². The van der Waals surface area contributed by atoms with Gasteiger partial charge in [0.15, 0.2) is 11.5 Å². The molecular formula is C21H27N5O3. The molecule has 8 nitrogen and oxygen atoms in total. The van der Waals surface area contributed by atoms with Gasteiger partial charge >= 0.3 is 0 Å². The second kappa shape index (κ2) is 8.23. The number of carbonyl (C=O) groups excluding carboxylic acids is 1. The average Bonchev–Trinajstić information content (AvgIpc) is 3.06. The van der Waals surface area contributed by atoms with Crippen molar-refractivity contribution in [3.63, 3.8) is 0 Å². The SMILES string of the molecule is CCCOCCc1nc2c(n1Cc1cccc(C#N)c1)C(=O)N(C)C(C)(O)N2C. The Balaban J connectivity index is 2.04. The highest BCUT2D eigenvalue weighted by Crippen LogP contribution is 2.34. The van der Waals surface area contributed by atoms with Crippen molar-refractivity contribution in [2.75, 3.05) is 32.2 Å². The molecule has 29 heavy (non-hydrogen) atoms. The van der Waals surface area contributed by atoms with Crippen LogP contribution in [0.1, 0.15) is 47.7 Å². The summed E-state index contributed by atoms with van der Waals surface area (Å²) in [5.41, 5.74) is 1.89. The average molecular weight is 397 g/mol. The van der Waals surface area contributed by atoms with Gasteiger partial charge < -0.3 is 19.3 Å². The number of hydrogen-bond acceptors (Lipinski definition) is 6. The van der Waals surface area contributed by atoms with Crippen LogP contribution in [0.25, 0.3) is 0 Å². The van der Waals surface area contributed by atoms with Gasteiger partial charge in [0.1, 0.15) is 5.82 Å². The van der Waals surface area contributed by atoms with Gasteiger partial charge in [0.05, 0.1) is 18.2 Å². The van der Waals surface area contributed by atoms with Crippen LogP contribution in [0.15, 0.2) is 24.3 Å². The molecule has 2 aromatic rings. The largest absolute Gasteiger partial charge is 0.381 e. The molecule has 0 aliphatic carbocycles. The molecule has 0 spiro atoms. The Morgan fingerprint density at radius 1 is 1.28 bits per heavy atom. The standard InChI is InChI=1S/C21H27N5O3/c1-5-10-29-11-9-17-23-19-18(20(27)25(4)21(2,28)24(19)3)26(17)14-16-8-6-7-15(12-16)13-22/h6-8,12,28H,5,9-11,14H2,1-4H3. The van der Waals surface area contributed by atoms with Crippen molar-refractivity contribution in [2.45, 2.75) is 39.1 Å². The van der Waals surface area contributed by atoms with Gasteiger partial charge in [-0.3, -0.25) is 9.69 Å². The number of aromatic nitrogens is 2. The minimum atomic E-state index is -1.47. The number of rotatable bonds is 7. The molecule has 8 heteroatoms. The van der Waals surface area contributed by atoms with Gasteiger partial charge in [-0.2, -0.15) is 5.26 Å². The van der Waals surface area contributed by atoms with E-state index in [9.17, 15) is 15.2 Å². The summed E-state index contributed by atoms with van der Waals surface area (Å²) in [5, 5.41) is 19.9. The highest BCUT2D eigenvalue weighted by molar-refractivity contribution is 6.00. The summed E-state index contributed by atoms with van der Waals surface area (Å²) in [7, 11) is 3.28. The summed E-state index contributed by atoms with van der Waals surface area (Å²) in [6.45, 7) is 5.17.